The molecular weight excluding hydrogens is 262 g/mol. The van der Waals surface area contributed by atoms with Crippen LogP contribution < -0.4 is 10.1 Å². The van der Waals surface area contributed by atoms with Crippen molar-refractivity contribution in [2.75, 3.05) is 6.61 Å². The summed E-state index contributed by atoms with van der Waals surface area (Å²) in [4.78, 5) is 11.8. The van der Waals surface area contributed by atoms with E-state index >= 15 is 0 Å². The number of nitrogens with one attached hydrogen (secondary N) is 1. The Bertz CT molecular complexity index is 590. The van der Waals surface area contributed by atoms with Crippen LogP contribution in [0.15, 0.2) is 48.5 Å². The molecule has 0 bridgehead atoms. The average molecular weight is 283 g/mol. The van der Waals surface area contributed by atoms with Crippen LogP contribution in [0.3, 0.4) is 0 Å². The van der Waals surface area contributed by atoms with E-state index in [1.54, 1.807) is 0 Å². The van der Waals surface area contributed by atoms with E-state index in [2.05, 4.69) is 12.2 Å². The molecule has 0 fully saturated rings. The minimum atomic E-state index is -0.113. The van der Waals surface area contributed by atoms with E-state index in [-0.39, 0.29) is 12.5 Å². The lowest BCUT2D eigenvalue weighted by atomic mass is 10.1. The number of carbonyl (C=O) groups excluding carboxylic acids is 1. The van der Waals surface area contributed by atoms with Crippen LogP contribution in [0.2, 0.25) is 0 Å². The first-order valence-corrected chi connectivity index (χ1v) is 7.21. The van der Waals surface area contributed by atoms with Crippen LogP contribution in [0, 0.1) is 6.92 Å². The van der Waals surface area contributed by atoms with E-state index < -0.39 is 0 Å². The van der Waals surface area contributed by atoms with Gasteiger partial charge in [-0.3, -0.25) is 4.79 Å². The third-order valence-corrected chi connectivity index (χ3v) is 3.29. The summed E-state index contributed by atoms with van der Waals surface area (Å²) in [7, 11) is 0. The Labute approximate surface area is 126 Å². The Hall–Kier alpha value is -2.29. The molecule has 0 atom stereocenters. The van der Waals surface area contributed by atoms with E-state index in [9.17, 15) is 4.79 Å². The van der Waals surface area contributed by atoms with Crippen molar-refractivity contribution in [2.45, 2.75) is 26.8 Å². The zero-order valence-electron chi connectivity index (χ0n) is 12.6. The van der Waals surface area contributed by atoms with Gasteiger partial charge in [-0.15, -0.1) is 0 Å². The molecule has 1 amide bonds. The smallest absolute Gasteiger partial charge is 0.258 e. The molecule has 3 nitrogen and oxygen atoms in total. The van der Waals surface area contributed by atoms with Gasteiger partial charge in [0.1, 0.15) is 5.75 Å². The molecule has 110 valence electrons. The van der Waals surface area contributed by atoms with Crippen LogP contribution in [-0.4, -0.2) is 12.5 Å². The minimum absolute atomic E-state index is 0.0407. The number of ether oxygens (including phenoxy) is 1. The van der Waals surface area contributed by atoms with Crippen molar-refractivity contribution in [3.05, 3.63) is 65.2 Å². The lowest BCUT2D eigenvalue weighted by molar-refractivity contribution is -0.123. The highest BCUT2D eigenvalue weighted by atomic mass is 16.5. The van der Waals surface area contributed by atoms with Crippen molar-refractivity contribution in [1.82, 2.24) is 5.32 Å². The molecule has 21 heavy (non-hydrogen) atoms. The first kappa shape index (κ1) is 15.1. The summed E-state index contributed by atoms with van der Waals surface area (Å²) in [5, 5.41) is 2.85. The van der Waals surface area contributed by atoms with Gasteiger partial charge in [0.05, 0.1) is 0 Å². The molecule has 2 aromatic carbocycles. The molecule has 1 N–H and O–H groups in total. The number of hydrogen-bond donors (Lipinski definition) is 1. The van der Waals surface area contributed by atoms with Crippen molar-refractivity contribution < 1.29 is 9.53 Å². The van der Waals surface area contributed by atoms with Gasteiger partial charge in [-0.25, -0.2) is 0 Å². The molecular formula is C18H21NO2. The van der Waals surface area contributed by atoms with Crippen molar-refractivity contribution in [3.8, 4) is 5.75 Å². The van der Waals surface area contributed by atoms with Gasteiger partial charge in [-0.1, -0.05) is 48.9 Å². The fraction of sp³-hybridized carbons (Fsp3) is 0.278. The van der Waals surface area contributed by atoms with Gasteiger partial charge < -0.3 is 10.1 Å². The second-order valence-electron chi connectivity index (χ2n) is 5.05. The number of hydrogen-bond acceptors (Lipinski definition) is 2. The third-order valence-electron chi connectivity index (χ3n) is 3.29. The Morgan fingerprint density at radius 2 is 1.86 bits per heavy atom. The van der Waals surface area contributed by atoms with E-state index in [1.807, 2.05) is 55.5 Å². The molecule has 0 aliphatic heterocycles. The Morgan fingerprint density at radius 3 is 2.57 bits per heavy atom. The number of rotatable bonds is 6. The normalized spacial score (nSPS) is 10.2. The van der Waals surface area contributed by atoms with Crippen LogP contribution in [0.1, 0.15) is 23.6 Å². The maximum absolute atomic E-state index is 11.8. The predicted octanol–water partition coefficient (Wildman–Crippen LogP) is 3.25. The molecule has 3 heteroatoms. The van der Waals surface area contributed by atoms with Crippen molar-refractivity contribution >= 4 is 5.91 Å². The van der Waals surface area contributed by atoms with Crippen LogP contribution in [0.4, 0.5) is 0 Å². The van der Waals surface area contributed by atoms with E-state index in [0.717, 1.165) is 17.7 Å². The SMILES string of the molecule is CCc1cccc(OCC(=O)NCc2ccc(C)cc2)c1. The van der Waals surface area contributed by atoms with Crippen molar-refractivity contribution in [2.24, 2.45) is 0 Å². The zero-order valence-corrected chi connectivity index (χ0v) is 12.6. The Balaban J connectivity index is 1.78. The summed E-state index contributed by atoms with van der Waals surface area (Å²) < 4.78 is 5.51. The largest absolute Gasteiger partial charge is 0.484 e. The average Bonchev–Trinajstić information content (AvgIpc) is 2.52. The monoisotopic (exact) mass is 283 g/mol. The number of benzene rings is 2. The number of carbonyl (C=O) groups is 1. The summed E-state index contributed by atoms with van der Waals surface area (Å²) >= 11 is 0. The van der Waals surface area contributed by atoms with Gasteiger partial charge >= 0.3 is 0 Å². The van der Waals surface area contributed by atoms with Gasteiger partial charge in [-0.2, -0.15) is 0 Å². The predicted molar refractivity (Wildman–Crippen MR) is 84.3 cm³/mol. The highest BCUT2D eigenvalue weighted by Crippen LogP contribution is 2.13. The number of aryl methyl sites for hydroxylation is 2. The van der Waals surface area contributed by atoms with Gasteiger partial charge in [0.15, 0.2) is 6.61 Å². The summed E-state index contributed by atoms with van der Waals surface area (Å²) in [6.07, 6.45) is 0.955. The van der Waals surface area contributed by atoms with Crippen LogP contribution in [-0.2, 0) is 17.8 Å². The summed E-state index contributed by atoms with van der Waals surface area (Å²) in [5.41, 5.74) is 3.50. The standard InChI is InChI=1S/C18H21NO2/c1-3-15-5-4-6-17(11-15)21-13-18(20)19-12-16-9-7-14(2)8-10-16/h4-11H,3,12-13H2,1-2H3,(H,19,20). The van der Waals surface area contributed by atoms with E-state index in [0.29, 0.717) is 6.54 Å². The molecule has 0 saturated carbocycles. The lowest BCUT2D eigenvalue weighted by Gasteiger charge is -2.08. The zero-order chi connectivity index (χ0) is 15.1. The first-order chi connectivity index (χ1) is 10.2. The molecule has 2 aromatic rings. The quantitative estimate of drug-likeness (QED) is 0.883. The fourth-order valence-electron chi connectivity index (χ4n) is 1.96. The molecule has 0 unspecified atom stereocenters. The molecule has 0 radical (unpaired) electrons. The highest BCUT2D eigenvalue weighted by Gasteiger charge is 2.03. The van der Waals surface area contributed by atoms with Crippen molar-refractivity contribution in [3.63, 3.8) is 0 Å². The van der Waals surface area contributed by atoms with Gasteiger partial charge in [-0.05, 0) is 36.6 Å². The second kappa shape index (κ2) is 7.48. The summed E-state index contributed by atoms with van der Waals surface area (Å²) in [5.74, 6) is 0.623. The minimum Gasteiger partial charge on any atom is -0.484 e. The van der Waals surface area contributed by atoms with Crippen molar-refractivity contribution in [1.29, 1.82) is 0 Å². The van der Waals surface area contributed by atoms with Crippen LogP contribution in [0.25, 0.3) is 0 Å². The van der Waals surface area contributed by atoms with Gasteiger partial charge in [0, 0.05) is 6.54 Å². The topological polar surface area (TPSA) is 38.3 Å². The number of amides is 1. The lowest BCUT2D eigenvalue weighted by Crippen LogP contribution is -2.28. The molecule has 0 saturated heterocycles. The summed E-state index contributed by atoms with van der Waals surface area (Å²) in [6.45, 7) is 4.70. The molecule has 0 spiro atoms. The van der Waals surface area contributed by atoms with Crippen LogP contribution >= 0.6 is 0 Å². The second-order valence-corrected chi connectivity index (χ2v) is 5.05. The maximum Gasteiger partial charge on any atom is 0.258 e. The fourth-order valence-corrected chi connectivity index (χ4v) is 1.96. The molecule has 2 rings (SSSR count). The van der Waals surface area contributed by atoms with Gasteiger partial charge in [0.25, 0.3) is 5.91 Å². The Morgan fingerprint density at radius 1 is 1.10 bits per heavy atom. The van der Waals surface area contributed by atoms with Crippen LogP contribution in [0.5, 0.6) is 5.75 Å². The van der Waals surface area contributed by atoms with E-state index in [1.165, 1.54) is 11.1 Å². The molecule has 0 aromatic heterocycles. The molecule has 0 heterocycles. The summed E-state index contributed by atoms with van der Waals surface area (Å²) in [6, 6.07) is 15.9. The van der Waals surface area contributed by atoms with Gasteiger partial charge in [0.2, 0.25) is 0 Å². The Kier molecular flexibility index (Phi) is 5.38. The maximum atomic E-state index is 11.8. The third kappa shape index (κ3) is 4.95. The first-order valence-electron chi connectivity index (χ1n) is 7.21. The van der Waals surface area contributed by atoms with E-state index in [4.69, 9.17) is 4.74 Å². The highest BCUT2D eigenvalue weighted by molar-refractivity contribution is 5.77. The molecule has 0 aliphatic rings. The molecule has 0 aliphatic carbocycles.